The van der Waals surface area contributed by atoms with Gasteiger partial charge in [0.05, 0.1) is 16.0 Å². The van der Waals surface area contributed by atoms with Crippen LogP contribution in [0, 0.1) is 0 Å². The van der Waals surface area contributed by atoms with E-state index in [2.05, 4.69) is 55.3 Å². The highest BCUT2D eigenvalue weighted by Gasteiger charge is 2.50. The molecule has 0 amide bonds. The second-order valence-electron chi connectivity index (χ2n) is 13.3. The fraction of sp³-hybridized carbons (Fsp3) is 0.333. The summed E-state index contributed by atoms with van der Waals surface area (Å²) in [5.74, 6) is 0. The highest BCUT2D eigenvalue weighted by molar-refractivity contribution is 7.99. The van der Waals surface area contributed by atoms with Crippen LogP contribution in [0.1, 0.15) is 34.1 Å². The molecule has 4 aromatic carbocycles. The number of anilines is 1. The maximum absolute atomic E-state index is 13.7. The monoisotopic (exact) mass is 779 g/mol. The number of rotatable bonds is 15. The molecule has 51 heavy (non-hydrogen) atoms. The van der Waals surface area contributed by atoms with Crippen molar-refractivity contribution in [2.24, 2.45) is 5.14 Å². The van der Waals surface area contributed by atoms with Crippen LogP contribution in [0.3, 0.4) is 0 Å². The maximum Gasteiger partial charge on any atom is 0.501 e. The van der Waals surface area contributed by atoms with Crippen LogP contribution in [0.5, 0.6) is 0 Å². The second-order valence-corrected chi connectivity index (χ2v) is 22.3. The summed E-state index contributed by atoms with van der Waals surface area (Å²) in [6, 6.07) is 32.1. The van der Waals surface area contributed by atoms with Crippen molar-refractivity contribution in [2.45, 2.75) is 70.8 Å². The lowest BCUT2D eigenvalue weighted by Gasteiger charge is -2.43. The Morgan fingerprint density at radius 2 is 1.35 bits per heavy atom. The molecule has 4 aromatic rings. The largest absolute Gasteiger partial charge is 0.501 e. The van der Waals surface area contributed by atoms with E-state index in [-0.39, 0.29) is 16.1 Å². The number of sulfonamides is 1. The average molecular weight is 780 g/mol. The fourth-order valence-electron chi connectivity index (χ4n) is 6.00. The molecular formula is C36H44F3N3O5S3Si. The van der Waals surface area contributed by atoms with Gasteiger partial charge in [-0.05, 0) is 66.1 Å². The Morgan fingerprint density at radius 1 is 0.843 bits per heavy atom. The van der Waals surface area contributed by atoms with Crippen molar-refractivity contribution in [3.05, 3.63) is 109 Å². The van der Waals surface area contributed by atoms with E-state index in [1.165, 1.54) is 0 Å². The lowest BCUT2D eigenvalue weighted by molar-refractivity contribution is -0.0435. The van der Waals surface area contributed by atoms with Gasteiger partial charge in [-0.15, -0.1) is 11.8 Å². The molecule has 0 bridgehead atoms. The molecule has 2 atom stereocenters. The predicted molar refractivity (Wildman–Crippen MR) is 201 cm³/mol. The van der Waals surface area contributed by atoms with Crippen LogP contribution >= 0.6 is 11.8 Å². The van der Waals surface area contributed by atoms with Crippen LogP contribution in [0.25, 0.3) is 0 Å². The molecule has 4 rings (SSSR count). The third-order valence-electron chi connectivity index (χ3n) is 8.52. The fourth-order valence-corrected chi connectivity index (χ4v) is 13.4. The zero-order valence-electron chi connectivity index (χ0n) is 29.1. The smallest absolute Gasteiger partial charge is 0.406 e. The number of hydrogen-bond acceptors (Lipinski definition) is 8. The van der Waals surface area contributed by atoms with E-state index in [9.17, 15) is 30.0 Å². The van der Waals surface area contributed by atoms with Crippen LogP contribution in [0.15, 0.2) is 124 Å². The first-order valence-electron chi connectivity index (χ1n) is 16.2. The van der Waals surface area contributed by atoms with Gasteiger partial charge in [0.1, 0.15) is 4.90 Å². The number of alkyl halides is 3. The Hall–Kier alpha value is -3.18. The summed E-state index contributed by atoms with van der Waals surface area (Å²) in [5, 5.41) is 9.86. The van der Waals surface area contributed by atoms with Crippen molar-refractivity contribution in [2.75, 3.05) is 25.5 Å². The minimum absolute atomic E-state index is 0.224. The third kappa shape index (κ3) is 9.63. The first-order valence-corrected chi connectivity index (χ1v) is 22.0. The summed E-state index contributed by atoms with van der Waals surface area (Å²) < 4.78 is 97.2. The Balaban J connectivity index is 1.62. The highest BCUT2D eigenvalue weighted by Crippen LogP contribution is 2.38. The van der Waals surface area contributed by atoms with Gasteiger partial charge >= 0.3 is 5.51 Å². The highest BCUT2D eigenvalue weighted by atomic mass is 32.2. The van der Waals surface area contributed by atoms with Crippen molar-refractivity contribution in [1.82, 2.24) is 4.90 Å². The van der Waals surface area contributed by atoms with Gasteiger partial charge in [-0.1, -0.05) is 99.6 Å². The molecule has 0 fully saturated rings. The molecule has 0 radical (unpaired) electrons. The first kappa shape index (κ1) is 40.6. The van der Waals surface area contributed by atoms with Gasteiger partial charge in [-0.3, -0.25) is 4.90 Å². The SMILES string of the molecule is C[C@H](C[C@H](Sc1ccccc1)N(C)CCO[Si](c1ccccc1)(c1ccccc1)C(C)(C)C)Nc1ccc(S(N)(=O)=O)cc1S(=O)(=O)C(F)(F)F. The van der Waals surface area contributed by atoms with Crippen LogP contribution in [-0.2, 0) is 24.3 Å². The van der Waals surface area contributed by atoms with Crippen LogP contribution in [0.4, 0.5) is 18.9 Å². The summed E-state index contributed by atoms with van der Waals surface area (Å²) in [5.41, 5.74) is -6.05. The molecule has 8 nitrogen and oxygen atoms in total. The van der Waals surface area contributed by atoms with E-state index < -0.39 is 49.5 Å². The molecule has 0 spiro atoms. The zero-order chi connectivity index (χ0) is 37.7. The van der Waals surface area contributed by atoms with Crippen LogP contribution < -0.4 is 20.8 Å². The van der Waals surface area contributed by atoms with Crippen molar-refractivity contribution in [1.29, 1.82) is 0 Å². The molecule has 3 N–H and O–H groups in total. The first-order chi connectivity index (χ1) is 23.8. The van der Waals surface area contributed by atoms with Crippen LogP contribution in [-0.4, -0.2) is 67.2 Å². The number of halogens is 3. The number of nitrogens with two attached hydrogens (primary N) is 1. The van der Waals surface area contributed by atoms with E-state index in [0.29, 0.717) is 25.6 Å². The van der Waals surface area contributed by atoms with E-state index in [1.54, 1.807) is 18.7 Å². The number of hydrogen-bond donors (Lipinski definition) is 2. The van der Waals surface area contributed by atoms with Gasteiger partial charge in [0, 0.05) is 24.1 Å². The quantitative estimate of drug-likeness (QED) is 0.0804. The standard InChI is InChI=1S/C36H44F3N3O5S3Si/c1-27(41-32-22-21-29(50(40,45)46)26-33(32)49(43,44)36(37,38)39)25-34(48-28-15-9-6-10-16-28)42(5)23-24-47-51(35(2,3)4,30-17-11-7-12-18-30)31-19-13-8-14-20-31/h6-22,26-27,34,41H,23-25H2,1-5H3,(H2,40,45,46)/t27-,34+/m1/s1. The summed E-state index contributed by atoms with van der Waals surface area (Å²) in [4.78, 5) is 1.12. The number of nitrogens with zero attached hydrogens (tertiary/aromatic N) is 1. The predicted octanol–water partition coefficient (Wildman–Crippen LogP) is 6.44. The molecule has 0 saturated heterocycles. The van der Waals surface area contributed by atoms with Gasteiger partial charge in [0.15, 0.2) is 0 Å². The van der Waals surface area contributed by atoms with Gasteiger partial charge in [-0.25, -0.2) is 22.0 Å². The number of primary sulfonamides is 1. The minimum atomic E-state index is -5.92. The summed E-state index contributed by atoms with van der Waals surface area (Å²) in [6.07, 6.45) is 0.359. The maximum atomic E-state index is 13.7. The number of likely N-dealkylation sites (N-methyl/N-ethyl adjacent to an activating group) is 1. The molecule has 0 aliphatic carbocycles. The number of benzene rings is 4. The summed E-state index contributed by atoms with van der Waals surface area (Å²) >= 11 is 1.56. The van der Waals surface area contributed by atoms with Crippen molar-refractivity contribution in [3.8, 4) is 0 Å². The molecule has 0 unspecified atom stereocenters. The van der Waals surface area contributed by atoms with Crippen LogP contribution in [0.2, 0.25) is 5.04 Å². The number of nitrogens with one attached hydrogen (secondary N) is 1. The van der Waals surface area contributed by atoms with Gasteiger partial charge < -0.3 is 9.74 Å². The van der Waals surface area contributed by atoms with Gasteiger partial charge in [0.2, 0.25) is 10.0 Å². The van der Waals surface area contributed by atoms with E-state index >= 15 is 0 Å². The van der Waals surface area contributed by atoms with E-state index in [0.717, 1.165) is 27.4 Å². The molecular weight excluding hydrogens is 736 g/mol. The third-order valence-corrected chi connectivity index (χ3v) is 17.4. The summed E-state index contributed by atoms with van der Waals surface area (Å²) in [7, 11) is -11.3. The van der Waals surface area contributed by atoms with E-state index in [1.807, 2.05) is 73.8 Å². The molecule has 0 heterocycles. The zero-order valence-corrected chi connectivity index (χ0v) is 32.5. The Kier molecular flexibility index (Phi) is 12.9. The molecule has 0 saturated carbocycles. The number of thioether (sulfide) groups is 1. The van der Waals surface area contributed by atoms with Crippen molar-refractivity contribution < 1.29 is 34.4 Å². The molecule has 0 aliphatic rings. The normalized spacial score (nSPS) is 14.3. The molecule has 15 heteroatoms. The van der Waals surface area contributed by atoms with E-state index in [4.69, 9.17) is 9.56 Å². The molecule has 276 valence electrons. The second kappa shape index (κ2) is 16.2. The lowest BCUT2D eigenvalue weighted by Crippen LogP contribution is -2.67. The Labute approximate surface area is 304 Å². The van der Waals surface area contributed by atoms with Crippen molar-refractivity contribution >= 4 is 56.0 Å². The topological polar surface area (TPSA) is 119 Å². The molecule has 0 aliphatic heterocycles. The molecule has 0 aromatic heterocycles. The Bertz CT molecular complexity index is 1930. The van der Waals surface area contributed by atoms with Crippen molar-refractivity contribution in [3.63, 3.8) is 0 Å². The minimum Gasteiger partial charge on any atom is -0.406 e. The lowest BCUT2D eigenvalue weighted by atomic mass is 10.2. The average Bonchev–Trinajstić information content (AvgIpc) is 3.06. The van der Waals surface area contributed by atoms with Gasteiger partial charge in [-0.2, -0.15) is 13.2 Å². The Morgan fingerprint density at radius 3 is 1.82 bits per heavy atom. The number of sulfone groups is 1. The van der Waals surface area contributed by atoms with Gasteiger partial charge in [0.25, 0.3) is 18.2 Å². The summed E-state index contributed by atoms with van der Waals surface area (Å²) in [6.45, 7) is 9.23.